The van der Waals surface area contributed by atoms with Crippen LogP contribution in [0.3, 0.4) is 0 Å². The Bertz CT molecular complexity index is 544. The molecule has 0 radical (unpaired) electrons. The van der Waals surface area contributed by atoms with Crippen molar-refractivity contribution >= 4 is 17.4 Å². The van der Waals surface area contributed by atoms with Crippen molar-refractivity contribution in [1.29, 1.82) is 0 Å². The Morgan fingerprint density at radius 2 is 1.72 bits per heavy atom. The van der Waals surface area contributed by atoms with E-state index in [1.807, 2.05) is 19.1 Å². The van der Waals surface area contributed by atoms with Crippen molar-refractivity contribution in [3.63, 3.8) is 0 Å². The quantitative estimate of drug-likeness (QED) is 0.849. The molecule has 0 fully saturated rings. The third kappa shape index (κ3) is 3.26. The van der Waals surface area contributed by atoms with E-state index in [1.54, 1.807) is 11.8 Å². The molecule has 2 nitrogen and oxygen atoms in total. The Balaban J connectivity index is 2.08. The summed E-state index contributed by atoms with van der Waals surface area (Å²) in [5, 5.41) is 1.03. The van der Waals surface area contributed by atoms with Gasteiger partial charge in [0.2, 0.25) is 0 Å². The molecule has 1 aromatic heterocycles. The second-order valence-corrected chi connectivity index (χ2v) is 5.60. The van der Waals surface area contributed by atoms with Crippen molar-refractivity contribution in [2.45, 2.75) is 31.6 Å². The molecular formula is C15H18N2S. The molecule has 0 aliphatic heterocycles. The number of aromatic nitrogens is 1. The second-order valence-electron chi connectivity index (χ2n) is 4.61. The lowest BCUT2D eigenvalue weighted by molar-refractivity contribution is 1.07. The molecule has 0 spiro atoms. The monoisotopic (exact) mass is 258 g/mol. The number of hydrogen-bond acceptors (Lipinski definition) is 3. The molecule has 2 aromatic rings. The summed E-state index contributed by atoms with van der Waals surface area (Å²) in [5.74, 6) is 0.943. The Labute approximate surface area is 113 Å². The summed E-state index contributed by atoms with van der Waals surface area (Å²) in [6.45, 7) is 6.20. The predicted octanol–water partition coefficient (Wildman–Crippen LogP) is 3.88. The largest absolute Gasteiger partial charge is 0.397 e. The minimum Gasteiger partial charge on any atom is -0.397 e. The Kier molecular flexibility index (Phi) is 3.92. The third-order valence-electron chi connectivity index (χ3n) is 2.77. The van der Waals surface area contributed by atoms with Crippen LogP contribution < -0.4 is 5.73 Å². The van der Waals surface area contributed by atoms with Gasteiger partial charge in [-0.05, 0) is 38.5 Å². The molecule has 0 amide bonds. The predicted molar refractivity (Wildman–Crippen MR) is 78.9 cm³/mol. The van der Waals surface area contributed by atoms with Gasteiger partial charge in [0.15, 0.2) is 0 Å². The van der Waals surface area contributed by atoms with Gasteiger partial charge >= 0.3 is 0 Å². The van der Waals surface area contributed by atoms with Gasteiger partial charge in [0.25, 0.3) is 0 Å². The van der Waals surface area contributed by atoms with Crippen molar-refractivity contribution in [2.75, 3.05) is 5.73 Å². The minimum atomic E-state index is 0.755. The number of benzene rings is 1. The molecule has 94 valence electrons. The zero-order chi connectivity index (χ0) is 13.1. The zero-order valence-corrected chi connectivity index (χ0v) is 11.8. The topological polar surface area (TPSA) is 38.9 Å². The number of nitrogens with two attached hydrogens (primary N) is 1. The van der Waals surface area contributed by atoms with Crippen molar-refractivity contribution in [1.82, 2.24) is 4.98 Å². The maximum atomic E-state index is 5.76. The molecule has 18 heavy (non-hydrogen) atoms. The van der Waals surface area contributed by atoms with Gasteiger partial charge in [-0.3, -0.25) is 0 Å². The fourth-order valence-electron chi connectivity index (χ4n) is 1.94. The molecule has 0 bridgehead atoms. The number of hydrogen-bond donors (Lipinski definition) is 1. The van der Waals surface area contributed by atoms with E-state index in [4.69, 9.17) is 5.73 Å². The van der Waals surface area contributed by atoms with Gasteiger partial charge < -0.3 is 5.73 Å². The van der Waals surface area contributed by atoms with Crippen molar-refractivity contribution in [3.05, 3.63) is 52.7 Å². The highest BCUT2D eigenvalue weighted by Crippen LogP contribution is 2.23. The third-order valence-corrected chi connectivity index (χ3v) is 3.77. The number of pyridine rings is 1. The average Bonchev–Trinajstić information content (AvgIpc) is 2.29. The summed E-state index contributed by atoms with van der Waals surface area (Å²) in [6, 6.07) is 10.6. The highest BCUT2D eigenvalue weighted by Gasteiger charge is 2.01. The molecule has 0 saturated heterocycles. The molecule has 1 aromatic carbocycles. The lowest BCUT2D eigenvalue weighted by atomic mass is 10.1. The lowest BCUT2D eigenvalue weighted by Gasteiger charge is -2.06. The van der Waals surface area contributed by atoms with Crippen molar-refractivity contribution < 1.29 is 0 Å². The van der Waals surface area contributed by atoms with Gasteiger partial charge in [-0.2, -0.15) is 0 Å². The van der Waals surface area contributed by atoms with Crippen LogP contribution in [0, 0.1) is 20.8 Å². The zero-order valence-electron chi connectivity index (χ0n) is 11.0. The Hall–Kier alpha value is -1.48. The van der Waals surface area contributed by atoms with Crippen molar-refractivity contribution in [2.24, 2.45) is 0 Å². The van der Waals surface area contributed by atoms with E-state index in [0.717, 1.165) is 22.2 Å². The van der Waals surface area contributed by atoms with Crippen LogP contribution in [-0.4, -0.2) is 4.98 Å². The van der Waals surface area contributed by atoms with E-state index in [1.165, 1.54) is 16.7 Å². The summed E-state index contributed by atoms with van der Waals surface area (Å²) in [7, 11) is 0. The first-order valence-electron chi connectivity index (χ1n) is 5.97. The summed E-state index contributed by atoms with van der Waals surface area (Å²) < 4.78 is 0. The van der Waals surface area contributed by atoms with E-state index < -0.39 is 0 Å². The molecule has 0 aliphatic carbocycles. The normalized spacial score (nSPS) is 10.6. The number of thioether (sulfide) groups is 1. The SMILES string of the molecule is Cc1cc(C)cc(CSc2ccc(N)c(C)n2)c1. The summed E-state index contributed by atoms with van der Waals surface area (Å²) in [5.41, 5.74) is 11.4. The van der Waals surface area contributed by atoms with E-state index in [2.05, 4.69) is 37.0 Å². The van der Waals surface area contributed by atoms with E-state index in [0.29, 0.717) is 0 Å². The maximum Gasteiger partial charge on any atom is 0.0967 e. The van der Waals surface area contributed by atoms with Crippen LogP contribution in [0.25, 0.3) is 0 Å². The molecule has 0 aliphatic rings. The summed E-state index contributed by atoms with van der Waals surface area (Å²) >= 11 is 1.75. The number of nitrogens with zero attached hydrogens (tertiary/aromatic N) is 1. The first-order chi connectivity index (χ1) is 8.54. The van der Waals surface area contributed by atoms with E-state index in [-0.39, 0.29) is 0 Å². The number of nitrogen functional groups attached to an aromatic ring is 1. The summed E-state index contributed by atoms with van der Waals surface area (Å²) in [4.78, 5) is 4.47. The van der Waals surface area contributed by atoms with Gasteiger partial charge in [-0.25, -0.2) is 4.98 Å². The highest BCUT2D eigenvalue weighted by atomic mass is 32.2. The molecule has 0 atom stereocenters. The summed E-state index contributed by atoms with van der Waals surface area (Å²) in [6.07, 6.45) is 0. The first kappa shape index (κ1) is 13.0. The average molecular weight is 258 g/mol. The number of aryl methyl sites for hydroxylation is 3. The Morgan fingerprint density at radius 1 is 1.06 bits per heavy atom. The smallest absolute Gasteiger partial charge is 0.0967 e. The van der Waals surface area contributed by atoms with Gasteiger partial charge in [-0.1, -0.05) is 29.3 Å². The van der Waals surface area contributed by atoms with Crippen molar-refractivity contribution in [3.8, 4) is 0 Å². The molecular weight excluding hydrogens is 240 g/mol. The molecule has 1 heterocycles. The van der Waals surface area contributed by atoms with Gasteiger partial charge in [0.05, 0.1) is 16.4 Å². The van der Waals surface area contributed by atoms with Crippen LogP contribution in [0.15, 0.2) is 35.4 Å². The first-order valence-corrected chi connectivity index (χ1v) is 6.96. The molecule has 2 rings (SSSR count). The standard InChI is InChI=1S/C15H18N2S/c1-10-6-11(2)8-13(7-10)9-18-15-5-4-14(16)12(3)17-15/h4-8H,9,16H2,1-3H3. The van der Waals surface area contributed by atoms with E-state index >= 15 is 0 Å². The van der Waals surface area contributed by atoms with Crippen LogP contribution in [-0.2, 0) is 5.75 Å². The fraction of sp³-hybridized carbons (Fsp3) is 0.267. The van der Waals surface area contributed by atoms with Crippen LogP contribution in [0.5, 0.6) is 0 Å². The van der Waals surface area contributed by atoms with Crippen LogP contribution in [0.1, 0.15) is 22.4 Å². The van der Waals surface area contributed by atoms with Gasteiger partial charge in [0, 0.05) is 5.75 Å². The molecule has 0 saturated carbocycles. The second kappa shape index (κ2) is 5.44. The maximum absolute atomic E-state index is 5.76. The van der Waals surface area contributed by atoms with E-state index in [9.17, 15) is 0 Å². The highest BCUT2D eigenvalue weighted by molar-refractivity contribution is 7.98. The van der Waals surface area contributed by atoms with Crippen LogP contribution in [0.2, 0.25) is 0 Å². The minimum absolute atomic E-state index is 0.755. The number of rotatable bonds is 3. The molecule has 3 heteroatoms. The van der Waals surface area contributed by atoms with Crippen LogP contribution >= 0.6 is 11.8 Å². The number of anilines is 1. The lowest BCUT2D eigenvalue weighted by Crippen LogP contribution is -1.93. The van der Waals surface area contributed by atoms with Gasteiger partial charge in [0.1, 0.15) is 0 Å². The van der Waals surface area contributed by atoms with Crippen LogP contribution in [0.4, 0.5) is 5.69 Å². The fourth-order valence-corrected chi connectivity index (χ4v) is 2.79. The van der Waals surface area contributed by atoms with Gasteiger partial charge in [-0.15, -0.1) is 11.8 Å². The Morgan fingerprint density at radius 3 is 2.33 bits per heavy atom. The molecule has 0 unspecified atom stereocenters. The molecule has 2 N–H and O–H groups in total.